The number of hydrogen-bond donors (Lipinski definition) is 2. The molecule has 0 aromatic heterocycles. The average Bonchev–Trinajstić information content (AvgIpc) is 2.26. The van der Waals surface area contributed by atoms with Crippen LogP contribution in [0.2, 0.25) is 0 Å². The first-order chi connectivity index (χ1) is 6.86. The van der Waals surface area contributed by atoms with Gasteiger partial charge in [0.25, 0.3) is 0 Å². The Balaban J connectivity index is 2.01. The van der Waals surface area contributed by atoms with E-state index in [2.05, 4.69) is 10.6 Å². The molecule has 0 saturated carbocycles. The summed E-state index contributed by atoms with van der Waals surface area (Å²) in [6, 6.07) is 0. The summed E-state index contributed by atoms with van der Waals surface area (Å²) in [7, 11) is 3.33. The number of piperidine rings is 1. The van der Waals surface area contributed by atoms with Crippen LogP contribution in [0.25, 0.3) is 0 Å². The molecule has 1 aliphatic heterocycles. The van der Waals surface area contributed by atoms with E-state index in [1.54, 1.807) is 14.2 Å². The molecule has 1 saturated heterocycles. The van der Waals surface area contributed by atoms with Crippen molar-refractivity contribution in [2.45, 2.75) is 19.1 Å². The molecule has 0 spiro atoms. The first-order valence-corrected chi connectivity index (χ1v) is 5.34. The van der Waals surface area contributed by atoms with Gasteiger partial charge in [-0.3, -0.25) is 0 Å². The highest BCUT2D eigenvalue weighted by Crippen LogP contribution is 2.08. The van der Waals surface area contributed by atoms with E-state index < -0.39 is 0 Å². The highest BCUT2D eigenvalue weighted by molar-refractivity contribution is 4.71. The first kappa shape index (κ1) is 11.9. The van der Waals surface area contributed by atoms with Gasteiger partial charge in [0, 0.05) is 20.8 Å². The Hall–Kier alpha value is -0.160. The van der Waals surface area contributed by atoms with Gasteiger partial charge in [-0.25, -0.2) is 0 Å². The average molecular weight is 202 g/mol. The van der Waals surface area contributed by atoms with Gasteiger partial charge in [0.15, 0.2) is 6.29 Å². The number of methoxy groups -OCH3 is 2. The van der Waals surface area contributed by atoms with Crippen molar-refractivity contribution in [1.82, 2.24) is 10.6 Å². The van der Waals surface area contributed by atoms with E-state index >= 15 is 0 Å². The molecular formula is C10H22N2O2. The lowest BCUT2D eigenvalue weighted by molar-refractivity contribution is -0.0990. The van der Waals surface area contributed by atoms with Crippen molar-refractivity contribution in [3.05, 3.63) is 0 Å². The molecule has 0 amide bonds. The van der Waals surface area contributed by atoms with E-state index in [1.807, 2.05) is 0 Å². The number of ether oxygens (including phenoxy) is 2. The minimum atomic E-state index is -0.119. The van der Waals surface area contributed by atoms with E-state index in [-0.39, 0.29) is 6.29 Å². The zero-order chi connectivity index (χ0) is 10.2. The standard InChI is InChI=1S/C10H22N2O2/c1-13-10(14-2)8-12-7-9-4-3-5-11-6-9/h9-12H,3-8H2,1-2H3. The summed E-state index contributed by atoms with van der Waals surface area (Å²) in [5, 5.41) is 6.77. The van der Waals surface area contributed by atoms with Crippen LogP contribution in [-0.2, 0) is 9.47 Å². The van der Waals surface area contributed by atoms with Crippen molar-refractivity contribution in [3.8, 4) is 0 Å². The normalized spacial score (nSPS) is 22.9. The largest absolute Gasteiger partial charge is 0.355 e. The van der Waals surface area contributed by atoms with Gasteiger partial charge in [0.05, 0.1) is 0 Å². The molecule has 1 heterocycles. The van der Waals surface area contributed by atoms with Gasteiger partial charge >= 0.3 is 0 Å². The molecule has 0 bridgehead atoms. The predicted octanol–water partition coefficient (Wildman–Crippen LogP) is 0.195. The number of nitrogens with one attached hydrogen (secondary N) is 2. The molecule has 0 aromatic rings. The summed E-state index contributed by atoms with van der Waals surface area (Å²) in [5.74, 6) is 0.762. The molecular weight excluding hydrogens is 180 g/mol. The fourth-order valence-corrected chi connectivity index (χ4v) is 1.77. The van der Waals surface area contributed by atoms with Crippen LogP contribution in [-0.4, -0.2) is 46.7 Å². The molecule has 1 atom stereocenters. The summed E-state index contributed by atoms with van der Waals surface area (Å²) < 4.78 is 10.2. The third kappa shape index (κ3) is 4.37. The fraction of sp³-hybridized carbons (Fsp3) is 1.00. The fourth-order valence-electron chi connectivity index (χ4n) is 1.77. The predicted molar refractivity (Wildman–Crippen MR) is 56.3 cm³/mol. The van der Waals surface area contributed by atoms with Crippen molar-refractivity contribution in [2.24, 2.45) is 5.92 Å². The molecule has 0 aliphatic carbocycles. The van der Waals surface area contributed by atoms with Gasteiger partial charge in [-0.1, -0.05) is 0 Å². The second-order valence-electron chi connectivity index (χ2n) is 3.77. The molecule has 1 rings (SSSR count). The summed E-state index contributed by atoms with van der Waals surface area (Å²) in [5.41, 5.74) is 0. The van der Waals surface area contributed by atoms with Gasteiger partial charge in [-0.15, -0.1) is 0 Å². The summed E-state index contributed by atoms with van der Waals surface area (Å²) in [4.78, 5) is 0. The van der Waals surface area contributed by atoms with Crippen LogP contribution in [0.1, 0.15) is 12.8 Å². The first-order valence-electron chi connectivity index (χ1n) is 5.34. The van der Waals surface area contributed by atoms with Crippen molar-refractivity contribution < 1.29 is 9.47 Å². The van der Waals surface area contributed by atoms with Crippen LogP contribution in [0.4, 0.5) is 0 Å². The molecule has 2 N–H and O–H groups in total. The Kier molecular flexibility index (Phi) is 6.10. The molecule has 4 heteroatoms. The second-order valence-corrected chi connectivity index (χ2v) is 3.77. The zero-order valence-electron chi connectivity index (χ0n) is 9.21. The van der Waals surface area contributed by atoms with Crippen LogP contribution < -0.4 is 10.6 Å². The lowest BCUT2D eigenvalue weighted by atomic mass is 10.00. The van der Waals surface area contributed by atoms with E-state index in [1.165, 1.54) is 19.4 Å². The van der Waals surface area contributed by atoms with Gasteiger partial charge in [-0.05, 0) is 38.4 Å². The highest BCUT2D eigenvalue weighted by Gasteiger charge is 2.13. The summed E-state index contributed by atoms with van der Waals surface area (Å²) >= 11 is 0. The molecule has 1 unspecified atom stereocenters. The van der Waals surface area contributed by atoms with Gasteiger partial charge in [0.1, 0.15) is 0 Å². The van der Waals surface area contributed by atoms with Gasteiger partial charge in [-0.2, -0.15) is 0 Å². The molecule has 14 heavy (non-hydrogen) atoms. The van der Waals surface area contributed by atoms with Crippen LogP contribution >= 0.6 is 0 Å². The number of rotatable bonds is 6. The van der Waals surface area contributed by atoms with Crippen molar-refractivity contribution in [1.29, 1.82) is 0 Å². The van der Waals surface area contributed by atoms with E-state index in [9.17, 15) is 0 Å². The van der Waals surface area contributed by atoms with Crippen LogP contribution in [0.3, 0.4) is 0 Å². The van der Waals surface area contributed by atoms with Gasteiger partial charge in [0.2, 0.25) is 0 Å². The van der Waals surface area contributed by atoms with Crippen molar-refractivity contribution >= 4 is 0 Å². The zero-order valence-corrected chi connectivity index (χ0v) is 9.21. The van der Waals surface area contributed by atoms with E-state index in [0.717, 1.165) is 25.6 Å². The molecule has 84 valence electrons. The third-order valence-corrected chi connectivity index (χ3v) is 2.67. The third-order valence-electron chi connectivity index (χ3n) is 2.67. The molecule has 0 radical (unpaired) electrons. The molecule has 1 aliphatic rings. The maximum Gasteiger partial charge on any atom is 0.169 e. The second kappa shape index (κ2) is 7.17. The molecule has 0 aromatic carbocycles. The van der Waals surface area contributed by atoms with Crippen molar-refractivity contribution in [2.75, 3.05) is 40.4 Å². The minimum absolute atomic E-state index is 0.119. The Morgan fingerprint density at radius 1 is 1.43 bits per heavy atom. The van der Waals surface area contributed by atoms with E-state index in [0.29, 0.717) is 0 Å². The Morgan fingerprint density at radius 2 is 2.21 bits per heavy atom. The van der Waals surface area contributed by atoms with E-state index in [4.69, 9.17) is 9.47 Å². The highest BCUT2D eigenvalue weighted by atomic mass is 16.7. The monoisotopic (exact) mass is 202 g/mol. The Bertz CT molecular complexity index is 134. The Labute approximate surface area is 86.3 Å². The lowest BCUT2D eigenvalue weighted by Gasteiger charge is -2.23. The number of hydrogen-bond acceptors (Lipinski definition) is 4. The van der Waals surface area contributed by atoms with Crippen LogP contribution in [0, 0.1) is 5.92 Å². The van der Waals surface area contributed by atoms with Crippen molar-refractivity contribution in [3.63, 3.8) is 0 Å². The summed E-state index contributed by atoms with van der Waals surface area (Å²) in [6.07, 6.45) is 2.50. The maximum atomic E-state index is 5.09. The summed E-state index contributed by atoms with van der Waals surface area (Å²) in [6.45, 7) is 4.13. The Morgan fingerprint density at radius 3 is 2.79 bits per heavy atom. The molecule has 4 nitrogen and oxygen atoms in total. The minimum Gasteiger partial charge on any atom is -0.355 e. The van der Waals surface area contributed by atoms with Gasteiger partial charge < -0.3 is 20.1 Å². The lowest BCUT2D eigenvalue weighted by Crippen LogP contribution is -2.39. The molecule has 1 fully saturated rings. The van der Waals surface area contributed by atoms with Crippen LogP contribution in [0.5, 0.6) is 0 Å². The topological polar surface area (TPSA) is 42.5 Å². The smallest absolute Gasteiger partial charge is 0.169 e. The quantitative estimate of drug-likeness (QED) is 0.604. The SMILES string of the molecule is COC(CNCC1CCCNC1)OC. The van der Waals surface area contributed by atoms with Crippen LogP contribution in [0.15, 0.2) is 0 Å². The maximum absolute atomic E-state index is 5.09.